The van der Waals surface area contributed by atoms with Crippen molar-refractivity contribution in [1.29, 1.82) is 5.26 Å². The molecule has 0 fully saturated rings. The predicted octanol–water partition coefficient (Wildman–Crippen LogP) is 2.74. The molecule has 1 aromatic heterocycles. The summed E-state index contributed by atoms with van der Waals surface area (Å²) in [5.74, 6) is 0.429. The van der Waals surface area contributed by atoms with Gasteiger partial charge in [0.2, 0.25) is 15.9 Å². The molecule has 1 aromatic carbocycles. The number of hydrogen-bond donors (Lipinski definition) is 1. The third kappa shape index (κ3) is 5.72. The molecule has 0 atom stereocenters. The summed E-state index contributed by atoms with van der Waals surface area (Å²) in [6, 6.07) is 6.39. The van der Waals surface area contributed by atoms with Gasteiger partial charge in [-0.05, 0) is 32.0 Å². The number of hydrogen-bond acceptors (Lipinski definition) is 8. The van der Waals surface area contributed by atoms with E-state index in [0.29, 0.717) is 40.9 Å². The summed E-state index contributed by atoms with van der Waals surface area (Å²) in [7, 11) is -2.26. The summed E-state index contributed by atoms with van der Waals surface area (Å²) in [5.41, 5.74) is 1.12. The minimum absolute atomic E-state index is 0.0270. The van der Waals surface area contributed by atoms with Crippen molar-refractivity contribution in [3.63, 3.8) is 0 Å². The van der Waals surface area contributed by atoms with E-state index in [1.54, 1.807) is 27.7 Å². The minimum Gasteiger partial charge on any atom is -0.495 e. The molecule has 31 heavy (non-hydrogen) atoms. The number of amides is 1. The minimum atomic E-state index is -3.69. The maximum atomic E-state index is 12.8. The number of sulfonamides is 1. The Hall–Kier alpha value is -2.68. The number of rotatable bonds is 9. The summed E-state index contributed by atoms with van der Waals surface area (Å²) in [4.78, 5) is 21.0. The Bertz CT molecular complexity index is 1110. The van der Waals surface area contributed by atoms with Crippen LogP contribution < -0.4 is 10.1 Å². The van der Waals surface area contributed by atoms with E-state index >= 15 is 0 Å². The molecule has 166 valence electrons. The van der Waals surface area contributed by atoms with Crippen LogP contribution in [-0.4, -0.2) is 54.6 Å². The zero-order valence-corrected chi connectivity index (χ0v) is 19.7. The Kier molecular flexibility index (Phi) is 8.38. The maximum absolute atomic E-state index is 12.8. The average molecular weight is 464 g/mol. The van der Waals surface area contributed by atoms with Crippen LogP contribution in [-0.2, 0) is 14.8 Å². The van der Waals surface area contributed by atoms with E-state index in [2.05, 4.69) is 21.4 Å². The van der Waals surface area contributed by atoms with E-state index in [0.717, 1.165) is 11.8 Å². The number of ether oxygens (including phenoxy) is 1. The van der Waals surface area contributed by atoms with Crippen LogP contribution in [0.1, 0.15) is 30.9 Å². The van der Waals surface area contributed by atoms with Gasteiger partial charge in [0, 0.05) is 13.1 Å². The van der Waals surface area contributed by atoms with Gasteiger partial charge in [0.1, 0.15) is 28.2 Å². The first kappa shape index (κ1) is 24.6. The topological polar surface area (TPSA) is 125 Å². The number of carbonyl (C=O) groups is 1. The average Bonchev–Trinajstić information content (AvgIpc) is 2.72. The van der Waals surface area contributed by atoms with Crippen LogP contribution in [0, 0.1) is 25.2 Å². The monoisotopic (exact) mass is 463 g/mol. The SMILES string of the molecule is CCN(CC)S(=O)(=O)c1ccc(OC)c(NC(=O)CSc2nc(C)nc(C)c2C#N)c1. The highest BCUT2D eigenvalue weighted by atomic mass is 32.2. The van der Waals surface area contributed by atoms with Gasteiger partial charge in [-0.2, -0.15) is 9.57 Å². The molecule has 0 aliphatic heterocycles. The third-order valence-corrected chi connectivity index (χ3v) is 7.43. The van der Waals surface area contributed by atoms with Crippen LogP contribution in [0.3, 0.4) is 0 Å². The summed E-state index contributed by atoms with van der Waals surface area (Å²) < 4.78 is 32.2. The van der Waals surface area contributed by atoms with E-state index in [9.17, 15) is 18.5 Å². The first-order chi connectivity index (χ1) is 14.7. The zero-order chi connectivity index (χ0) is 23.2. The smallest absolute Gasteiger partial charge is 0.243 e. The standard InChI is InChI=1S/C20H25N5O4S2/c1-6-25(7-2)31(27,28)15-8-9-18(29-5)17(10-15)24-19(26)12-30-20-16(11-21)13(3)22-14(4)23-20/h8-10H,6-7,12H2,1-5H3,(H,24,26). The van der Waals surface area contributed by atoms with Crippen LogP contribution in [0.15, 0.2) is 28.1 Å². The van der Waals surface area contributed by atoms with Gasteiger partial charge in [0.05, 0.1) is 29.1 Å². The molecule has 2 rings (SSSR count). The molecular weight excluding hydrogens is 438 g/mol. The lowest BCUT2D eigenvalue weighted by atomic mass is 10.3. The van der Waals surface area contributed by atoms with Gasteiger partial charge in [-0.15, -0.1) is 0 Å². The fourth-order valence-corrected chi connectivity index (χ4v) is 5.25. The van der Waals surface area contributed by atoms with Gasteiger partial charge in [-0.3, -0.25) is 4.79 Å². The van der Waals surface area contributed by atoms with Gasteiger partial charge < -0.3 is 10.1 Å². The van der Waals surface area contributed by atoms with Crippen molar-refractivity contribution < 1.29 is 17.9 Å². The van der Waals surface area contributed by atoms with Gasteiger partial charge in [-0.25, -0.2) is 18.4 Å². The van der Waals surface area contributed by atoms with Crippen molar-refractivity contribution in [2.75, 3.05) is 31.3 Å². The number of methoxy groups -OCH3 is 1. The summed E-state index contributed by atoms with van der Waals surface area (Å²) in [5, 5.41) is 12.4. The van der Waals surface area contributed by atoms with Crippen molar-refractivity contribution in [1.82, 2.24) is 14.3 Å². The zero-order valence-electron chi connectivity index (χ0n) is 18.1. The van der Waals surface area contributed by atoms with E-state index in [1.165, 1.54) is 29.6 Å². The van der Waals surface area contributed by atoms with Crippen molar-refractivity contribution in [3.05, 3.63) is 35.3 Å². The second-order valence-corrected chi connectivity index (χ2v) is 9.34. The predicted molar refractivity (Wildman–Crippen MR) is 119 cm³/mol. The maximum Gasteiger partial charge on any atom is 0.243 e. The fraction of sp³-hybridized carbons (Fsp3) is 0.400. The number of nitriles is 1. The third-order valence-electron chi connectivity index (χ3n) is 4.41. The van der Waals surface area contributed by atoms with Crippen LogP contribution in [0.25, 0.3) is 0 Å². The van der Waals surface area contributed by atoms with Crippen LogP contribution in [0.5, 0.6) is 5.75 Å². The Morgan fingerprint density at radius 1 is 1.26 bits per heavy atom. The van der Waals surface area contributed by atoms with Crippen molar-refractivity contribution in [2.24, 2.45) is 0 Å². The molecule has 0 aliphatic carbocycles. The van der Waals surface area contributed by atoms with Crippen molar-refractivity contribution in [3.8, 4) is 11.8 Å². The number of nitrogens with zero attached hydrogens (tertiary/aromatic N) is 4. The van der Waals surface area contributed by atoms with E-state index in [4.69, 9.17) is 4.74 Å². The molecule has 0 saturated carbocycles. The van der Waals surface area contributed by atoms with Crippen molar-refractivity contribution in [2.45, 2.75) is 37.6 Å². The molecule has 0 saturated heterocycles. The summed E-state index contributed by atoms with van der Waals surface area (Å²) in [6.07, 6.45) is 0. The molecular formula is C20H25N5O4S2. The Morgan fingerprint density at radius 3 is 2.52 bits per heavy atom. The molecule has 2 aromatic rings. The first-order valence-electron chi connectivity index (χ1n) is 9.54. The van der Waals surface area contributed by atoms with Gasteiger partial charge in [0.25, 0.3) is 0 Å². The number of nitrogens with one attached hydrogen (secondary N) is 1. The van der Waals surface area contributed by atoms with Gasteiger partial charge >= 0.3 is 0 Å². The lowest BCUT2D eigenvalue weighted by molar-refractivity contribution is -0.113. The fourth-order valence-electron chi connectivity index (χ4n) is 2.89. The molecule has 1 amide bonds. The molecule has 1 N–H and O–H groups in total. The largest absolute Gasteiger partial charge is 0.495 e. The van der Waals surface area contributed by atoms with E-state index in [-0.39, 0.29) is 16.3 Å². The Morgan fingerprint density at radius 2 is 1.94 bits per heavy atom. The lowest BCUT2D eigenvalue weighted by Crippen LogP contribution is -2.30. The molecule has 0 bridgehead atoms. The summed E-state index contributed by atoms with van der Waals surface area (Å²) in [6.45, 7) is 7.62. The second kappa shape index (κ2) is 10.6. The number of aromatic nitrogens is 2. The van der Waals surface area contributed by atoms with E-state index < -0.39 is 15.9 Å². The summed E-state index contributed by atoms with van der Waals surface area (Å²) >= 11 is 1.11. The lowest BCUT2D eigenvalue weighted by Gasteiger charge is -2.19. The molecule has 0 aliphatic rings. The molecule has 1 heterocycles. The normalized spacial score (nSPS) is 11.3. The highest BCUT2D eigenvalue weighted by Crippen LogP contribution is 2.29. The molecule has 11 heteroatoms. The number of anilines is 1. The van der Waals surface area contributed by atoms with Gasteiger partial charge in [0.15, 0.2) is 0 Å². The van der Waals surface area contributed by atoms with Crippen LogP contribution in [0.2, 0.25) is 0 Å². The molecule has 9 nitrogen and oxygen atoms in total. The van der Waals surface area contributed by atoms with Crippen molar-refractivity contribution >= 4 is 33.4 Å². The second-order valence-electron chi connectivity index (χ2n) is 6.44. The number of benzene rings is 1. The highest BCUT2D eigenvalue weighted by molar-refractivity contribution is 8.00. The number of thioether (sulfide) groups is 1. The van der Waals surface area contributed by atoms with E-state index in [1.807, 2.05) is 0 Å². The quantitative estimate of drug-likeness (QED) is 0.444. The molecule has 0 unspecified atom stereocenters. The molecule has 0 spiro atoms. The number of carbonyl (C=O) groups excluding carboxylic acids is 1. The van der Waals surface area contributed by atoms with Crippen LogP contribution in [0.4, 0.5) is 5.69 Å². The highest BCUT2D eigenvalue weighted by Gasteiger charge is 2.23. The van der Waals surface area contributed by atoms with Gasteiger partial charge in [-0.1, -0.05) is 25.6 Å². The van der Waals surface area contributed by atoms with Crippen LogP contribution >= 0.6 is 11.8 Å². The Balaban J connectivity index is 2.24. The Labute approximate surface area is 186 Å². The first-order valence-corrected chi connectivity index (χ1v) is 12.0. The number of aryl methyl sites for hydroxylation is 2. The molecule has 0 radical (unpaired) electrons.